The van der Waals surface area contributed by atoms with Gasteiger partial charge in [0.15, 0.2) is 18.1 Å². The first-order chi connectivity index (χ1) is 15.7. The zero-order valence-corrected chi connectivity index (χ0v) is 17.6. The molecule has 0 saturated heterocycles. The monoisotopic (exact) mass is 483 g/mol. The molecule has 0 bridgehead atoms. The number of halogens is 5. The molecule has 4 aromatic rings. The van der Waals surface area contributed by atoms with Crippen LogP contribution >= 0.6 is 11.8 Å². The summed E-state index contributed by atoms with van der Waals surface area (Å²) in [4.78, 5) is 20.9. The van der Waals surface area contributed by atoms with Crippen molar-refractivity contribution in [1.29, 1.82) is 0 Å². The highest BCUT2D eigenvalue weighted by atomic mass is 32.2. The standard InChI is InChI=1S/C19H14F5N7OS/c1-2-33-17-14(12-8-28-13(9-27-12)32-10-18(20,21)19(22,23)24)16-29-11(4-7-31(16)30-17)15-25-5-3-6-26-15/h3-9H,2,10H2,1H3. The van der Waals surface area contributed by atoms with Crippen molar-refractivity contribution in [3.05, 3.63) is 43.1 Å². The Kier molecular flexibility index (Phi) is 6.10. The van der Waals surface area contributed by atoms with Crippen LogP contribution in [0.15, 0.2) is 48.1 Å². The van der Waals surface area contributed by atoms with Gasteiger partial charge in [-0.1, -0.05) is 6.92 Å². The van der Waals surface area contributed by atoms with Crippen molar-refractivity contribution in [2.45, 2.75) is 24.0 Å². The van der Waals surface area contributed by atoms with E-state index in [1.54, 1.807) is 30.7 Å². The second kappa shape index (κ2) is 8.84. The molecule has 14 heteroatoms. The number of hydrogen-bond donors (Lipinski definition) is 0. The SMILES string of the molecule is CCSc1nn2ccc(-c3ncccn3)nc2c1-c1cnc(OCC(F)(F)C(F)(F)F)cn1. The third-order valence-corrected chi connectivity index (χ3v) is 5.08. The number of hydrogen-bond acceptors (Lipinski definition) is 8. The molecule has 33 heavy (non-hydrogen) atoms. The molecule has 0 radical (unpaired) electrons. The summed E-state index contributed by atoms with van der Waals surface area (Å²) >= 11 is 1.42. The van der Waals surface area contributed by atoms with Crippen LogP contribution in [0.4, 0.5) is 22.0 Å². The Morgan fingerprint density at radius 1 is 1.00 bits per heavy atom. The largest absolute Gasteiger partial charge is 0.470 e. The molecule has 0 spiro atoms. The van der Waals surface area contributed by atoms with Crippen LogP contribution in [-0.4, -0.2) is 59.0 Å². The Hall–Kier alpha value is -3.42. The van der Waals surface area contributed by atoms with Gasteiger partial charge in [-0.2, -0.15) is 27.1 Å². The van der Waals surface area contributed by atoms with Gasteiger partial charge < -0.3 is 4.74 Å². The first-order valence-electron chi connectivity index (χ1n) is 9.39. The molecule has 4 aromatic heterocycles. The number of nitrogens with zero attached hydrogens (tertiary/aromatic N) is 7. The second-order valence-corrected chi connectivity index (χ2v) is 7.75. The van der Waals surface area contributed by atoms with E-state index in [1.807, 2.05) is 6.92 Å². The van der Waals surface area contributed by atoms with E-state index < -0.39 is 24.6 Å². The highest BCUT2D eigenvalue weighted by Crippen LogP contribution is 2.36. The van der Waals surface area contributed by atoms with Crippen molar-refractivity contribution in [1.82, 2.24) is 34.5 Å². The third-order valence-electron chi connectivity index (χ3n) is 4.23. The zero-order chi connectivity index (χ0) is 23.6. The lowest BCUT2D eigenvalue weighted by atomic mass is 10.2. The maximum Gasteiger partial charge on any atom is 0.456 e. The van der Waals surface area contributed by atoms with Crippen LogP contribution in [0.25, 0.3) is 28.4 Å². The van der Waals surface area contributed by atoms with Crippen LogP contribution in [0.2, 0.25) is 0 Å². The lowest BCUT2D eigenvalue weighted by Crippen LogP contribution is -2.41. The first kappa shape index (κ1) is 22.8. The molecule has 0 atom stereocenters. The maximum absolute atomic E-state index is 13.1. The van der Waals surface area contributed by atoms with Gasteiger partial charge in [-0.3, -0.25) is 0 Å². The second-order valence-electron chi connectivity index (χ2n) is 6.50. The van der Waals surface area contributed by atoms with Crippen LogP contribution in [0.1, 0.15) is 6.92 Å². The summed E-state index contributed by atoms with van der Waals surface area (Å²) in [5.41, 5.74) is 1.70. The highest BCUT2D eigenvalue weighted by molar-refractivity contribution is 7.99. The van der Waals surface area contributed by atoms with Crippen LogP contribution in [0, 0.1) is 0 Å². The van der Waals surface area contributed by atoms with Gasteiger partial charge in [-0.05, 0) is 17.9 Å². The summed E-state index contributed by atoms with van der Waals surface area (Å²) in [6.07, 6.45) is 1.28. The molecule has 0 aliphatic heterocycles. The summed E-state index contributed by atoms with van der Waals surface area (Å²) in [5.74, 6) is -4.40. The maximum atomic E-state index is 13.1. The van der Waals surface area contributed by atoms with E-state index in [2.05, 4.69) is 34.8 Å². The summed E-state index contributed by atoms with van der Waals surface area (Å²) in [6, 6.07) is 3.37. The normalized spacial score (nSPS) is 12.3. The molecule has 0 N–H and O–H groups in total. The van der Waals surface area contributed by atoms with Crippen molar-refractivity contribution >= 4 is 17.4 Å². The number of aromatic nitrogens is 7. The number of alkyl halides is 5. The van der Waals surface area contributed by atoms with Crippen molar-refractivity contribution in [3.63, 3.8) is 0 Å². The molecule has 0 aliphatic rings. The lowest BCUT2D eigenvalue weighted by molar-refractivity contribution is -0.290. The van der Waals surface area contributed by atoms with Gasteiger partial charge in [0.1, 0.15) is 10.7 Å². The zero-order valence-electron chi connectivity index (χ0n) is 16.8. The molecular formula is C19H14F5N7OS. The lowest BCUT2D eigenvalue weighted by Gasteiger charge is -2.19. The van der Waals surface area contributed by atoms with Crippen molar-refractivity contribution in [2.24, 2.45) is 0 Å². The molecule has 172 valence electrons. The average molecular weight is 483 g/mol. The van der Waals surface area contributed by atoms with Gasteiger partial charge in [0.05, 0.1) is 23.7 Å². The summed E-state index contributed by atoms with van der Waals surface area (Å²) in [7, 11) is 0. The quantitative estimate of drug-likeness (QED) is 0.283. The smallest absolute Gasteiger partial charge is 0.456 e. The molecule has 4 rings (SSSR count). The van der Waals surface area contributed by atoms with Crippen LogP contribution in [-0.2, 0) is 0 Å². The van der Waals surface area contributed by atoms with E-state index in [-0.39, 0.29) is 5.69 Å². The molecule has 8 nitrogen and oxygen atoms in total. The number of fused-ring (bicyclic) bond motifs is 1. The van der Waals surface area contributed by atoms with Gasteiger partial charge in [0, 0.05) is 18.6 Å². The molecule has 4 heterocycles. The summed E-state index contributed by atoms with van der Waals surface area (Å²) < 4.78 is 69.1. The van der Waals surface area contributed by atoms with Crippen molar-refractivity contribution in [3.8, 4) is 28.7 Å². The minimum atomic E-state index is -5.73. The molecule has 0 aliphatic carbocycles. The van der Waals surface area contributed by atoms with Crippen LogP contribution in [0.5, 0.6) is 5.88 Å². The fraction of sp³-hybridized carbons (Fsp3) is 0.263. The van der Waals surface area contributed by atoms with E-state index in [4.69, 9.17) is 0 Å². The minimum absolute atomic E-state index is 0.287. The number of thioether (sulfide) groups is 1. The fourth-order valence-corrected chi connectivity index (χ4v) is 3.45. The van der Waals surface area contributed by atoms with Gasteiger partial charge in [0.2, 0.25) is 5.88 Å². The van der Waals surface area contributed by atoms with Gasteiger partial charge in [-0.15, -0.1) is 11.8 Å². The van der Waals surface area contributed by atoms with E-state index in [1.165, 1.54) is 22.5 Å². The molecular weight excluding hydrogens is 469 g/mol. The first-order valence-corrected chi connectivity index (χ1v) is 10.4. The van der Waals surface area contributed by atoms with Crippen molar-refractivity contribution in [2.75, 3.05) is 12.4 Å². The molecule has 0 amide bonds. The van der Waals surface area contributed by atoms with E-state index in [0.29, 0.717) is 33.5 Å². The van der Waals surface area contributed by atoms with Crippen LogP contribution < -0.4 is 4.74 Å². The Morgan fingerprint density at radius 3 is 2.39 bits per heavy atom. The Labute approximate surface area is 187 Å². The van der Waals surface area contributed by atoms with Crippen molar-refractivity contribution < 1.29 is 26.7 Å². The van der Waals surface area contributed by atoms with Gasteiger partial charge in [-0.25, -0.2) is 29.4 Å². The van der Waals surface area contributed by atoms with E-state index >= 15 is 0 Å². The third kappa shape index (κ3) is 4.69. The minimum Gasteiger partial charge on any atom is -0.470 e. The molecule has 0 fully saturated rings. The number of rotatable bonds is 7. The van der Waals surface area contributed by atoms with Crippen LogP contribution in [0.3, 0.4) is 0 Å². The number of ether oxygens (including phenoxy) is 1. The Balaban J connectivity index is 1.68. The average Bonchev–Trinajstić information content (AvgIpc) is 3.15. The molecule has 0 aromatic carbocycles. The molecule has 0 unspecified atom stereocenters. The Bertz CT molecular complexity index is 1250. The van der Waals surface area contributed by atoms with Gasteiger partial charge >= 0.3 is 12.1 Å². The predicted molar refractivity (Wildman–Crippen MR) is 108 cm³/mol. The highest BCUT2D eigenvalue weighted by Gasteiger charge is 2.58. The van der Waals surface area contributed by atoms with E-state index in [0.717, 1.165) is 6.20 Å². The summed E-state index contributed by atoms with van der Waals surface area (Å²) in [5, 5.41) is 5.07. The Morgan fingerprint density at radius 2 is 1.76 bits per heavy atom. The predicted octanol–water partition coefficient (Wildman–Crippen LogP) is 4.33. The topological polar surface area (TPSA) is 91.0 Å². The molecule has 0 saturated carbocycles. The fourth-order valence-electron chi connectivity index (χ4n) is 2.69. The van der Waals surface area contributed by atoms with E-state index in [9.17, 15) is 22.0 Å². The summed E-state index contributed by atoms with van der Waals surface area (Å²) in [6.45, 7) is 0.0265. The van der Waals surface area contributed by atoms with Gasteiger partial charge in [0.25, 0.3) is 0 Å².